The van der Waals surface area contributed by atoms with Crippen molar-refractivity contribution in [1.82, 2.24) is 14.7 Å². The molecule has 1 aliphatic rings. The van der Waals surface area contributed by atoms with Crippen LogP contribution in [0, 0.1) is 0 Å². The predicted molar refractivity (Wildman–Crippen MR) is 84.8 cm³/mol. The molecule has 0 bridgehead atoms. The van der Waals surface area contributed by atoms with Crippen LogP contribution in [0.25, 0.3) is 5.69 Å². The fourth-order valence-electron chi connectivity index (χ4n) is 2.55. The summed E-state index contributed by atoms with van der Waals surface area (Å²) in [5.41, 5.74) is 2.12. The number of carboxylic acid groups (broad SMARTS) is 1. The van der Waals surface area contributed by atoms with Crippen LogP contribution in [-0.4, -0.2) is 44.8 Å². The first-order chi connectivity index (χ1) is 11.1. The average Bonchev–Trinajstić information content (AvgIpc) is 3.31. The Kier molecular flexibility index (Phi) is 4.14. The topological polar surface area (TPSA) is 75.4 Å². The van der Waals surface area contributed by atoms with Gasteiger partial charge in [0.1, 0.15) is 12.2 Å². The van der Waals surface area contributed by atoms with Gasteiger partial charge in [0, 0.05) is 12.5 Å². The third kappa shape index (κ3) is 3.26. The van der Waals surface area contributed by atoms with Crippen LogP contribution in [0.3, 0.4) is 0 Å². The first kappa shape index (κ1) is 15.3. The Morgan fingerprint density at radius 1 is 1.30 bits per heavy atom. The van der Waals surface area contributed by atoms with Crippen LogP contribution in [-0.2, 0) is 4.79 Å². The molecule has 3 rings (SSSR count). The second-order valence-corrected chi connectivity index (χ2v) is 5.69. The fourth-order valence-corrected chi connectivity index (χ4v) is 2.55. The van der Waals surface area contributed by atoms with Gasteiger partial charge in [0.2, 0.25) is 0 Å². The number of likely N-dealkylation sites (N-methyl/N-ethyl adjacent to an activating group) is 1. The van der Waals surface area contributed by atoms with E-state index in [1.54, 1.807) is 17.7 Å². The summed E-state index contributed by atoms with van der Waals surface area (Å²) in [5, 5.41) is 13.6. The number of nitrogens with zero attached hydrogens (tertiary/aromatic N) is 3. The maximum atomic E-state index is 12.8. The number of carbonyl (C=O) groups is 2. The SMILES string of the molecule is CCN(CC(=O)O)C(=O)c1cc(C2CC2)nn1-c1ccccc1. The fraction of sp³-hybridized carbons (Fsp3) is 0.353. The molecular formula is C17H19N3O3. The second-order valence-electron chi connectivity index (χ2n) is 5.69. The van der Waals surface area contributed by atoms with E-state index in [2.05, 4.69) is 5.10 Å². The first-order valence-corrected chi connectivity index (χ1v) is 7.76. The highest BCUT2D eigenvalue weighted by Gasteiger charge is 2.30. The van der Waals surface area contributed by atoms with Gasteiger partial charge in [0.15, 0.2) is 0 Å². The third-order valence-corrected chi connectivity index (χ3v) is 3.94. The van der Waals surface area contributed by atoms with Crippen LogP contribution in [0.1, 0.15) is 41.9 Å². The number of carboxylic acids is 1. The van der Waals surface area contributed by atoms with E-state index in [1.807, 2.05) is 30.3 Å². The predicted octanol–water partition coefficient (Wildman–Crippen LogP) is 2.30. The van der Waals surface area contributed by atoms with Crippen LogP contribution in [0.4, 0.5) is 0 Å². The zero-order chi connectivity index (χ0) is 16.4. The maximum Gasteiger partial charge on any atom is 0.323 e. The van der Waals surface area contributed by atoms with E-state index in [1.165, 1.54) is 4.90 Å². The van der Waals surface area contributed by atoms with E-state index in [0.717, 1.165) is 24.2 Å². The minimum atomic E-state index is -1.02. The minimum Gasteiger partial charge on any atom is -0.480 e. The van der Waals surface area contributed by atoms with Crippen molar-refractivity contribution in [2.45, 2.75) is 25.7 Å². The Morgan fingerprint density at radius 3 is 2.57 bits per heavy atom. The van der Waals surface area contributed by atoms with Gasteiger partial charge < -0.3 is 10.0 Å². The molecular weight excluding hydrogens is 294 g/mol. The number of rotatable bonds is 6. The summed E-state index contributed by atoms with van der Waals surface area (Å²) in [5.74, 6) is -0.910. The number of hydrogen-bond acceptors (Lipinski definition) is 3. The quantitative estimate of drug-likeness (QED) is 0.888. The average molecular weight is 313 g/mol. The van der Waals surface area contributed by atoms with E-state index in [4.69, 9.17) is 5.11 Å². The molecule has 1 heterocycles. The molecule has 1 N–H and O–H groups in total. The number of benzene rings is 1. The van der Waals surface area contributed by atoms with Gasteiger partial charge >= 0.3 is 5.97 Å². The lowest BCUT2D eigenvalue weighted by atomic mass is 10.2. The Balaban J connectivity index is 1.99. The van der Waals surface area contributed by atoms with Gasteiger partial charge in [-0.25, -0.2) is 4.68 Å². The van der Waals surface area contributed by atoms with Crippen molar-refractivity contribution in [3.63, 3.8) is 0 Å². The van der Waals surface area contributed by atoms with Crippen LogP contribution in [0.5, 0.6) is 0 Å². The Bertz CT molecular complexity index is 720. The van der Waals surface area contributed by atoms with Gasteiger partial charge in [0.25, 0.3) is 5.91 Å². The molecule has 1 aliphatic carbocycles. The summed E-state index contributed by atoms with van der Waals surface area (Å²) >= 11 is 0. The Labute approximate surface area is 134 Å². The van der Waals surface area contributed by atoms with Crippen molar-refractivity contribution in [3.8, 4) is 5.69 Å². The van der Waals surface area contributed by atoms with Crippen molar-refractivity contribution >= 4 is 11.9 Å². The largest absolute Gasteiger partial charge is 0.480 e. The number of hydrogen-bond donors (Lipinski definition) is 1. The standard InChI is InChI=1S/C17H19N3O3/c1-2-19(11-16(21)22)17(23)15-10-14(12-8-9-12)18-20(15)13-6-4-3-5-7-13/h3-7,10,12H,2,8-9,11H2,1H3,(H,21,22). The lowest BCUT2D eigenvalue weighted by Crippen LogP contribution is -2.36. The molecule has 1 aromatic heterocycles. The van der Waals surface area contributed by atoms with Crippen LogP contribution in [0.15, 0.2) is 36.4 Å². The molecule has 0 radical (unpaired) electrons. The van der Waals surface area contributed by atoms with E-state index < -0.39 is 5.97 Å². The molecule has 0 aliphatic heterocycles. The molecule has 2 aromatic rings. The van der Waals surface area contributed by atoms with Gasteiger partial charge in [-0.15, -0.1) is 0 Å². The number of para-hydroxylation sites is 1. The molecule has 1 amide bonds. The molecule has 6 nitrogen and oxygen atoms in total. The molecule has 0 atom stereocenters. The molecule has 0 unspecified atom stereocenters. The molecule has 1 aromatic carbocycles. The molecule has 6 heteroatoms. The van der Waals surface area contributed by atoms with Crippen LogP contribution in [0.2, 0.25) is 0 Å². The zero-order valence-corrected chi connectivity index (χ0v) is 13.0. The van der Waals surface area contributed by atoms with Gasteiger partial charge in [-0.1, -0.05) is 18.2 Å². The van der Waals surface area contributed by atoms with Crippen molar-refractivity contribution in [2.24, 2.45) is 0 Å². The highest BCUT2D eigenvalue weighted by Crippen LogP contribution is 2.39. The first-order valence-electron chi connectivity index (χ1n) is 7.76. The third-order valence-electron chi connectivity index (χ3n) is 3.94. The summed E-state index contributed by atoms with van der Waals surface area (Å²) < 4.78 is 1.63. The molecule has 0 saturated heterocycles. The van der Waals surface area contributed by atoms with Gasteiger partial charge in [-0.2, -0.15) is 5.10 Å². The van der Waals surface area contributed by atoms with E-state index in [-0.39, 0.29) is 12.5 Å². The second kappa shape index (κ2) is 6.24. The highest BCUT2D eigenvalue weighted by molar-refractivity contribution is 5.95. The Morgan fingerprint density at radius 2 is 2.00 bits per heavy atom. The van der Waals surface area contributed by atoms with Crippen LogP contribution >= 0.6 is 0 Å². The van der Waals surface area contributed by atoms with E-state index >= 15 is 0 Å². The Hall–Kier alpha value is -2.63. The van der Waals surface area contributed by atoms with E-state index in [0.29, 0.717) is 18.2 Å². The summed E-state index contributed by atoms with van der Waals surface area (Å²) in [6, 6.07) is 11.2. The molecule has 1 saturated carbocycles. The highest BCUT2D eigenvalue weighted by atomic mass is 16.4. The van der Waals surface area contributed by atoms with E-state index in [9.17, 15) is 9.59 Å². The zero-order valence-electron chi connectivity index (χ0n) is 13.0. The number of carbonyl (C=O) groups excluding carboxylic acids is 1. The summed E-state index contributed by atoms with van der Waals surface area (Å²) in [6.07, 6.45) is 2.18. The minimum absolute atomic E-state index is 0.307. The molecule has 0 spiro atoms. The van der Waals surface area contributed by atoms with Crippen LogP contribution < -0.4 is 0 Å². The molecule has 1 fully saturated rings. The van der Waals surface area contributed by atoms with Gasteiger partial charge in [-0.05, 0) is 38.0 Å². The monoisotopic (exact) mass is 313 g/mol. The smallest absolute Gasteiger partial charge is 0.323 e. The lowest BCUT2D eigenvalue weighted by molar-refractivity contribution is -0.137. The van der Waals surface area contributed by atoms with Crippen molar-refractivity contribution in [1.29, 1.82) is 0 Å². The molecule has 23 heavy (non-hydrogen) atoms. The van der Waals surface area contributed by atoms with Gasteiger partial charge in [0.05, 0.1) is 11.4 Å². The summed E-state index contributed by atoms with van der Waals surface area (Å²) in [4.78, 5) is 25.0. The number of amides is 1. The maximum absolute atomic E-state index is 12.8. The number of aromatic nitrogens is 2. The molecule has 120 valence electrons. The summed E-state index contributed by atoms with van der Waals surface area (Å²) in [6.45, 7) is 1.80. The lowest BCUT2D eigenvalue weighted by Gasteiger charge is -2.19. The van der Waals surface area contributed by atoms with Crippen molar-refractivity contribution in [2.75, 3.05) is 13.1 Å². The van der Waals surface area contributed by atoms with Gasteiger partial charge in [-0.3, -0.25) is 9.59 Å². The summed E-state index contributed by atoms with van der Waals surface area (Å²) in [7, 11) is 0. The van der Waals surface area contributed by atoms with Crippen molar-refractivity contribution < 1.29 is 14.7 Å². The normalized spacial score (nSPS) is 13.8. The number of aliphatic carboxylic acids is 1. The van der Waals surface area contributed by atoms with Crippen molar-refractivity contribution in [3.05, 3.63) is 47.8 Å².